The fourth-order valence-corrected chi connectivity index (χ4v) is 2.78. The second-order valence-corrected chi connectivity index (χ2v) is 7.21. The molecule has 1 aliphatic rings. The Labute approximate surface area is 131 Å². The van der Waals surface area contributed by atoms with Crippen LogP contribution in [-0.4, -0.2) is 77.0 Å². The zero-order valence-electron chi connectivity index (χ0n) is 13.3. The molecule has 0 bridgehead atoms. The smallest absolute Gasteiger partial charge is 0.249 e. The van der Waals surface area contributed by atoms with Gasteiger partial charge in [0.25, 0.3) is 0 Å². The van der Waals surface area contributed by atoms with Crippen LogP contribution in [0.15, 0.2) is 11.2 Å². The highest BCUT2D eigenvalue weighted by Gasteiger charge is 2.23. The zero-order chi connectivity index (χ0) is 16.3. The summed E-state index contributed by atoms with van der Waals surface area (Å²) in [6, 6.07) is 1.72. The van der Waals surface area contributed by atoms with Crippen LogP contribution < -0.4 is 4.90 Å². The number of methoxy groups -OCH3 is 2. The maximum atomic E-state index is 11.8. The molecule has 124 valence electrons. The van der Waals surface area contributed by atoms with E-state index in [2.05, 4.69) is 21.9 Å². The highest BCUT2D eigenvalue weighted by Crippen LogP contribution is 2.22. The van der Waals surface area contributed by atoms with Crippen molar-refractivity contribution in [3.05, 3.63) is 11.8 Å². The Bertz CT molecular complexity index is 610. The van der Waals surface area contributed by atoms with E-state index in [-0.39, 0.29) is 5.16 Å². The van der Waals surface area contributed by atoms with Crippen LogP contribution in [0, 0.1) is 0 Å². The second kappa shape index (κ2) is 6.86. The van der Waals surface area contributed by atoms with Crippen molar-refractivity contribution in [2.24, 2.45) is 0 Å². The van der Waals surface area contributed by atoms with Crippen LogP contribution in [0.3, 0.4) is 0 Å². The molecule has 1 fully saturated rings. The van der Waals surface area contributed by atoms with E-state index >= 15 is 0 Å². The Hall–Kier alpha value is -1.29. The van der Waals surface area contributed by atoms with Gasteiger partial charge in [0.05, 0.1) is 0 Å². The average molecular weight is 330 g/mol. The molecule has 1 aromatic heterocycles. The third-order valence-corrected chi connectivity index (χ3v) is 4.39. The normalized spacial score (nSPS) is 17.2. The third kappa shape index (κ3) is 3.92. The summed E-state index contributed by atoms with van der Waals surface area (Å²) in [4.78, 5) is 12.5. The molecule has 0 atom stereocenters. The van der Waals surface area contributed by atoms with Crippen LogP contribution in [0.1, 0.15) is 12.0 Å². The molecule has 22 heavy (non-hydrogen) atoms. The Balaban J connectivity index is 2.42. The number of ether oxygens (including phenoxy) is 2. The number of hydrogen-bond acceptors (Lipinski definition) is 8. The van der Waals surface area contributed by atoms with Gasteiger partial charge in [-0.1, -0.05) is 0 Å². The number of hydrogen-bond donors (Lipinski definition) is 0. The van der Waals surface area contributed by atoms with Crippen molar-refractivity contribution in [2.45, 2.75) is 11.4 Å². The van der Waals surface area contributed by atoms with Gasteiger partial charge in [-0.25, -0.2) is 18.4 Å². The first-order valence-corrected chi connectivity index (χ1v) is 8.82. The van der Waals surface area contributed by atoms with Gasteiger partial charge in [0, 0.05) is 52.7 Å². The lowest BCUT2D eigenvalue weighted by Crippen LogP contribution is -2.45. The van der Waals surface area contributed by atoms with Crippen molar-refractivity contribution >= 4 is 15.7 Å². The van der Waals surface area contributed by atoms with E-state index in [1.807, 2.05) is 4.90 Å². The minimum absolute atomic E-state index is 0.210. The van der Waals surface area contributed by atoms with Crippen molar-refractivity contribution in [1.29, 1.82) is 0 Å². The molecule has 2 rings (SSSR count). The molecule has 1 saturated heterocycles. The van der Waals surface area contributed by atoms with E-state index in [4.69, 9.17) is 9.47 Å². The maximum absolute atomic E-state index is 11.8. The van der Waals surface area contributed by atoms with Crippen molar-refractivity contribution in [2.75, 3.05) is 58.6 Å². The average Bonchev–Trinajstić information content (AvgIpc) is 2.48. The van der Waals surface area contributed by atoms with Gasteiger partial charge in [-0.3, -0.25) is 0 Å². The van der Waals surface area contributed by atoms with E-state index < -0.39 is 16.1 Å². The number of aromatic nitrogens is 2. The van der Waals surface area contributed by atoms with E-state index in [1.54, 1.807) is 6.07 Å². The number of piperazine rings is 1. The molecule has 1 aromatic rings. The minimum Gasteiger partial charge on any atom is -0.354 e. The van der Waals surface area contributed by atoms with Crippen LogP contribution in [0.5, 0.6) is 0 Å². The van der Waals surface area contributed by atoms with E-state index in [0.717, 1.165) is 32.4 Å². The fourth-order valence-electron chi connectivity index (χ4n) is 2.25. The first-order chi connectivity index (χ1) is 10.3. The van der Waals surface area contributed by atoms with Crippen LogP contribution in [0.25, 0.3) is 0 Å². The Morgan fingerprint density at radius 2 is 1.73 bits per heavy atom. The van der Waals surface area contributed by atoms with Crippen molar-refractivity contribution in [3.63, 3.8) is 0 Å². The summed E-state index contributed by atoms with van der Waals surface area (Å²) in [5.74, 6) is 0.581. The zero-order valence-corrected chi connectivity index (χ0v) is 14.1. The lowest BCUT2D eigenvalue weighted by Gasteiger charge is -2.33. The van der Waals surface area contributed by atoms with E-state index in [1.165, 1.54) is 14.2 Å². The van der Waals surface area contributed by atoms with Crippen LogP contribution in [0.2, 0.25) is 0 Å². The van der Waals surface area contributed by atoms with Crippen molar-refractivity contribution in [3.8, 4) is 0 Å². The van der Waals surface area contributed by atoms with Gasteiger partial charge in [-0.15, -0.1) is 0 Å². The predicted octanol–water partition coefficient (Wildman–Crippen LogP) is -0.0767. The summed E-state index contributed by atoms with van der Waals surface area (Å²) in [6.45, 7) is 3.35. The molecule has 0 saturated carbocycles. The van der Waals surface area contributed by atoms with Crippen LogP contribution in [-0.2, 0) is 19.3 Å². The Morgan fingerprint density at radius 1 is 1.14 bits per heavy atom. The number of likely N-dealkylation sites (N-methyl/N-ethyl adjacent to an activating group) is 1. The topological polar surface area (TPSA) is 84.9 Å². The number of sulfone groups is 1. The number of nitrogens with zero attached hydrogens (tertiary/aromatic N) is 4. The van der Waals surface area contributed by atoms with Crippen LogP contribution in [0.4, 0.5) is 5.82 Å². The monoisotopic (exact) mass is 330 g/mol. The summed E-state index contributed by atoms with van der Waals surface area (Å²) in [6.07, 6.45) is 0.365. The highest BCUT2D eigenvalue weighted by molar-refractivity contribution is 7.90. The molecule has 1 aliphatic heterocycles. The first kappa shape index (κ1) is 17.1. The molecular formula is C13H22N4O4S. The van der Waals surface area contributed by atoms with Crippen molar-refractivity contribution in [1.82, 2.24) is 14.9 Å². The van der Waals surface area contributed by atoms with Gasteiger partial charge in [0.1, 0.15) is 11.5 Å². The molecule has 9 heteroatoms. The summed E-state index contributed by atoms with van der Waals surface area (Å²) in [5, 5.41) is -0.210. The molecule has 0 unspecified atom stereocenters. The molecule has 0 aliphatic carbocycles. The van der Waals surface area contributed by atoms with Gasteiger partial charge in [0.2, 0.25) is 21.3 Å². The summed E-state index contributed by atoms with van der Waals surface area (Å²) >= 11 is 0. The molecule has 0 N–H and O–H groups in total. The van der Waals surface area contributed by atoms with Gasteiger partial charge >= 0.3 is 0 Å². The summed E-state index contributed by atoms with van der Waals surface area (Å²) in [5.41, 5.74) is 0.398. The fraction of sp³-hybridized carbons (Fsp3) is 0.692. The summed E-state index contributed by atoms with van der Waals surface area (Å²) in [7, 11) is 1.49. The summed E-state index contributed by atoms with van der Waals surface area (Å²) < 4.78 is 34.0. The lowest BCUT2D eigenvalue weighted by atomic mass is 10.3. The predicted molar refractivity (Wildman–Crippen MR) is 81.6 cm³/mol. The van der Waals surface area contributed by atoms with Crippen LogP contribution >= 0.6 is 0 Å². The van der Waals surface area contributed by atoms with Gasteiger partial charge < -0.3 is 19.3 Å². The standard InChI is InChI=1S/C13H22N4O4S/c1-16-5-7-17(8-6-16)11-9-10(12(20-2)21-3)14-13(15-11)22(4,18)19/h9,12H,5-8H2,1-4H3. The number of rotatable bonds is 5. The van der Waals surface area contributed by atoms with Crippen molar-refractivity contribution < 1.29 is 17.9 Å². The van der Waals surface area contributed by atoms with E-state index in [9.17, 15) is 8.42 Å². The molecule has 0 spiro atoms. The van der Waals surface area contributed by atoms with E-state index in [0.29, 0.717) is 11.5 Å². The Morgan fingerprint density at radius 3 is 2.23 bits per heavy atom. The largest absolute Gasteiger partial charge is 0.354 e. The molecule has 0 amide bonds. The first-order valence-electron chi connectivity index (χ1n) is 6.93. The highest BCUT2D eigenvalue weighted by atomic mass is 32.2. The quantitative estimate of drug-likeness (QED) is 0.548. The third-order valence-electron chi connectivity index (χ3n) is 3.54. The lowest BCUT2D eigenvalue weighted by molar-refractivity contribution is -0.109. The minimum atomic E-state index is -3.52. The molecule has 2 heterocycles. The maximum Gasteiger partial charge on any atom is 0.249 e. The molecule has 8 nitrogen and oxygen atoms in total. The molecule has 0 radical (unpaired) electrons. The molecular weight excluding hydrogens is 308 g/mol. The molecule has 0 aromatic carbocycles. The van der Waals surface area contributed by atoms with Gasteiger partial charge in [0.15, 0.2) is 0 Å². The van der Waals surface area contributed by atoms with Gasteiger partial charge in [-0.05, 0) is 7.05 Å². The van der Waals surface area contributed by atoms with Gasteiger partial charge in [-0.2, -0.15) is 0 Å². The second-order valence-electron chi connectivity index (χ2n) is 5.30. The number of anilines is 1. The Kier molecular flexibility index (Phi) is 5.32. The SMILES string of the molecule is COC(OC)c1cc(N2CCN(C)CC2)nc(S(C)(=O)=O)n1.